The van der Waals surface area contributed by atoms with Gasteiger partial charge in [-0.15, -0.1) is 0 Å². The number of phenolic OH excluding ortho intramolecular Hbond substituents is 4. The second-order valence-electron chi connectivity index (χ2n) is 4.18. The van der Waals surface area contributed by atoms with Crippen LogP contribution in [0.5, 0.6) is 34.5 Å². The van der Waals surface area contributed by atoms with Gasteiger partial charge in [0.1, 0.15) is 21.3 Å². The van der Waals surface area contributed by atoms with Gasteiger partial charge in [0.05, 0.1) is 0 Å². The Hall–Kier alpha value is -2.61. The first kappa shape index (κ1) is 12.4. The third-order valence-electron chi connectivity index (χ3n) is 2.88. The van der Waals surface area contributed by atoms with Crippen LogP contribution in [-0.4, -0.2) is 28.8 Å². The van der Waals surface area contributed by atoms with E-state index in [4.69, 9.17) is 4.74 Å². The highest BCUT2D eigenvalue weighted by molar-refractivity contribution is 7.91. The first-order valence-electron chi connectivity index (χ1n) is 5.35. The summed E-state index contributed by atoms with van der Waals surface area (Å²) in [5.74, 6) is -2.66. The van der Waals surface area contributed by atoms with Crippen LogP contribution >= 0.6 is 0 Å². The molecule has 0 saturated carbocycles. The van der Waals surface area contributed by atoms with Gasteiger partial charge < -0.3 is 25.2 Å². The van der Waals surface area contributed by atoms with Crippen LogP contribution in [0.4, 0.5) is 0 Å². The number of rotatable bonds is 0. The molecule has 0 atom stereocenters. The third-order valence-corrected chi connectivity index (χ3v) is 4.68. The Morgan fingerprint density at radius 3 is 1.45 bits per heavy atom. The van der Waals surface area contributed by atoms with Crippen molar-refractivity contribution in [3.8, 4) is 34.5 Å². The van der Waals surface area contributed by atoms with Gasteiger partial charge in [-0.05, 0) is 0 Å². The lowest BCUT2D eigenvalue weighted by Crippen LogP contribution is -2.10. The van der Waals surface area contributed by atoms with Crippen LogP contribution < -0.4 is 4.74 Å². The molecule has 3 rings (SSSR count). The predicted octanol–water partition coefficient (Wildman–Crippen LogP) is 1.45. The van der Waals surface area contributed by atoms with Crippen molar-refractivity contribution in [3.63, 3.8) is 0 Å². The van der Waals surface area contributed by atoms with E-state index >= 15 is 0 Å². The van der Waals surface area contributed by atoms with E-state index < -0.39 is 32.8 Å². The molecule has 8 heteroatoms. The zero-order valence-electron chi connectivity index (χ0n) is 9.73. The highest BCUT2D eigenvalue weighted by Gasteiger charge is 2.34. The summed E-state index contributed by atoms with van der Waals surface area (Å²) in [4.78, 5) is -0.684. The fourth-order valence-corrected chi connectivity index (χ4v) is 3.39. The molecule has 0 saturated heterocycles. The Kier molecular flexibility index (Phi) is 2.30. The maximum atomic E-state index is 12.4. The lowest BCUT2D eigenvalue weighted by atomic mass is 10.2. The van der Waals surface area contributed by atoms with Gasteiger partial charge in [0.2, 0.25) is 9.84 Å². The number of aromatic hydroxyl groups is 4. The van der Waals surface area contributed by atoms with Crippen LogP contribution in [0.1, 0.15) is 0 Å². The topological polar surface area (TPSA) is 124 Å². The van der Waals surface area contributed by atoms with Crippen LogP contribution in [0.2, 0.25) is 0 Å². The fraction of sp³-hybridized carbons (Fsp3) is 0. The fourth-order valence-electron chi connectivity index (χ4n) is 1.89. The molecular formula is C12H8O7S. The van der Waals surface area contributed by atoms with Crippen molar-refractivity contribution in [1.29, 1.82) is 0 Å². The number of phenols is 4. The number of ether oxygens (including phenoxy) is 1. The molecule has 0 amide bonds. The summed E-state index contributed by atoms with van der Waals surface area (Å²) >= 11 is 0. The molecule has 0 aliphatic carbocycles. The summed E-state index contributed by atoms with van der Waals surface area (Å²) < 4.78 is 30.0. The molecule has 4 N–H and O–H groups in total. The largest absolute Gasteiger partial charge is 0.504 e. The summed E-state index contributed by atoms with van der Waals surface area (Å²) in [6.45, 7) is 0. The number of sulfone groups is 1. The monoisotopic (exact) mass is 296 g/mol. The van der Waals surface area contributed by atoms with Crippen molar-refractivity contribution < 1.29 is 33.6 Å². The number of hydrogen-bond donors (Lipinski definition) is 4. The molecule has 0 bridgehead atoms. The van der Waals surface area contributed by atoms with Crippen molar-refractivity contribution in [2.45, 2.75) is 9.79 Å². The highest BCUT2D eigenvalue weighted by atomic mass is 32.2. The Balaban J connectivity index is 2.35. The van der Waals surface area contributed by atoms with E-state index in [1.807, 2.05) is 0 Å². The van der Waals surface area contributed by atoms with Gasteiger partial charge in [-0.25, -0.2) is 8.42 Å². The Labute approximate surface area is 112 Å². The van der Waals surface area contributed by atoms with Gasteiger partial charge in [-0.1, -0.05) is 0 Å². The molecule has 0 fully saturated rings. The molecule has 20 heavy (non-hydrogen) atoms. The summed E-state index contributed by atoms with van der Waals surface area (Å²) in [6, 6.07) is 3.61. The third kappa shape index (κ3) is 1.55. The maximum Gasteiger partial charge on any atom is 0.214 e. The van der Waals surface area contributed by atoms with Crippen LogP contribution in [0.25, 0.3) is 0 Å². The molecule has 1 aliphatic rings. The van der Waals surface area contributed by atoms with E-state index in [0.717, 1.165) is 24.3 Å². The molecule has 0 aromatic heterocycles. The summed E-state index contributed by atoms with van der Waals surface area (Å²) in [5, 5.41) is 37.5. The molecule has 7 nitrogen and oxygen atoms in total. The predicted molar refractivity (Wildman–Crippen MR) is 65.1 cm³/mol. The summed E-state index contributed by atoms with van der Waals surface area (Å²) in [6.07, 6.45) is 0. The highest BCUT2D eigenvalue weighted by Crippen LogP contribution is 2.48. The molecule has 1 heterocycles. The van der Waals surface area contributed by atoms with Crippen LogP contribution in [-0.2, 0) is 9.84 Å². The van der Waals surface area contributed by atoms with E-state index in [-0.39, 0.29) is 21.3 Å². The van der Waals surface area contributed by atoms with Gasteiger partial charge in [-0.3, -0.25) is 0 Å². The zero-order valence-corrected chi connectivity index (χ0v) is 10.5. The Morgan fingerprint density at radius 2 is 1.05 bits per heavy atom. The number of fused-ring (bicyclic) bond motifs is 2. The second-order valence-corrected chi connectivity index (χ2v) is 6.07. The first-order chi connectivity index (χ1) is 9.30. The van der Waals surface area contributed by atoms with Gasteiger partial charge in [-0.2, -0.15) is 0 Å². The van der Waals surface area contributed by atoms with Gasteiger partial charge in [0, 0.05) is 24.3 Å². The normalized spacial score (nSPS) is 15.0. The van der Waals surface area contributed by atoms with Crippen molar-refractivity contribution in [1.82, 2.24) is 0 Å². The first-order valence-corrected chi connectivity index (χ1v) is 6.84. The molecular weight excluding hydrogens is 288 g/mol. The minimum absolute atomic E-state index is 0.183. The van der Waals surface area contributed by atoms with Crippen LogP contribution in [0.15, 0.2) is 34.1 Å². The lowest BCUT2D eigenvalue weighted by Gasteiger charge is -2.21. The van der Waals surface area contributed by atoms with Crippen molar-refractivity contribution in [3.05, 3.63) is 24.3 Å². The quantitative estimate of drug-likeness (QED) is 0.463. The Morgan fingerprint density at radius 1 is 0.700 bits per heavy atom. The van der Waals surface area contributed by atoms with Gasteiger partial charge >= 0.3 is 0 Å². The molecule has 0 radical (unpaired) electrons. The van der Waals surface area contributed by atoms with E-state index in [9.17, 15) is 28.8 Å². The molecule has 104 valence electrons. The zero-order chi connectivity index (χ0) is 14.7. The number of benzene rings is 2. The van der Waals surface area contributed by atoms with Crippen molar-refractivity contribution in [2.75, 3.05) is 0 Å². The van der Waals surface area contributed by atoms with Crippen LogP contribution in [0.3, 0.4) is 0 Å². The minimum atomic E-state index is -4.05. The average molecular weight is 296 g/mol. The summed E-state index contributed by atoms with van der Waals surface area (Å²) in [5.41, 5.74) is 0. The van der Waals surface area contributed by atoms with Crippen molar-refractivity contribution in [2.24, 2.45) is 0 Å². The smallest absolute Gasteiger partial charge is 0.214 e. The van der Waals surface area contributed by atoms with Gasteiger partial charge in [0.25, 0.3) is 0 Å². The second kappa shape index (κ2) is 3.70. The molecule has 1 aliphatic heterocycles. The van der Waals surface area contributed by atoms with E-state index in [1.165, 1.54) is 0 Å². The minimum Gasteiger partial charge on any atom is -0.504 e. The van der Waals surface area contributed by atoms with Crippen molar-refractivity contribution >= 4 is 9.84 Å². The molecule has 0 spiro atoms. The molecule has 0 unspecified atom stereocenters. The summed E-state index contributed by atoms with van der Waals surface area (Å²) in [7, 11) is -4.05. The maximum absolute atomic E-state index is 12.4. The van der Waals surface area contributed by atoms with E-state index in [1.54, 1.807) is 0 Å². The molecule has 2 aromatic carbocycles. The lowest BCUT2D eigenvalue weighted by molar-refractivity contribution is 0.380. The van der Waals surface area contributed by atoms with Crippen LogP contribution in [0, 0.1) is 0 Å². The average Bonchev–Trinajstić information content (AvgIpc) is 2.35. The van der Waals surface area contributed by atoms with E-state index in [0.29, 0.717) is 0 Å². The van der Waals surface area contributed by atoms with Gasteiger partial charge in [0.15, 0.2) is 23.0 Å². The molecule has 2 aromatic rings. The standard InChI is InChI=1S/C12H8O7S/c13-5-1-9-11(3-7(5)15)20(17,18)12-4-8(16)6(14)2-10(12)19-9/h1-4,13-16H. The Bertz CT molecular complexity index is 776. The number of hydrogen-bond acceptors (Lipinski definition) is 7. The van der Waals surface area contributed by atoms with E-state index in [2.05, 4.69) is 0 Å². The SMILES string of the molecule is O=S1(=O)c2cc(O)c(O)cc2Oc2cc(O)c(O)cc21.